The predicted octanol–water partition coefficient (Wildman–Crippen LogP) is 2.62. The number of amidine groups is 1. The number of para-hydroxylation sites is 1. The summed E-state index contributed by atoms with van der Waals surface area (Å²) in [5.74, 6) is 1.05. The molecule has 0 fully saturated rings. The van der Waals surface area contributed by atoms with Gasteiger partial charge < -0.3 is 15.5 Å². The maximum atomic E-state index is 4.83. The summed E-state index contributed by atoms with van der Waals surface area (Å²) in [5, 5.41) is 13.7. The van der Waals surface area contributed by atoms with E-state index in [-0.39, 0.29) is 0 Å². The first-order valence-corrected chi connectivity index (χ1v) is 8.09. The van der Waals surface area contributed by atoms with Crippen molar-refractivity contribution >= 4 is 17.2 Å². The molecule has 0 bridgehead atoms. The number of nitrogens with zero attached hydrogens (tertiary/aromatic N) is 3. The maximum Gasteiger partial charge on any atom is 0.161 e. The number of rotatable bonds is 4. The minimum atomic E-state index is 0.781. The van der Waals surface area contributed by atoms with E-state index in [0.29, 0.717) is 0 Å². The fourth-order valence-electron chi connectivity index (χ4n) is 2.99. The second-order valence-corrected chi connectivity index (χ2v) is 5.83. The van der Waals surface area contributed by atoms with E-state index in [4.69, 9.17) is 5.10 Å². The molecule has 0 spiro atoms. The Morgan fingerprint density at radius 1 is 1.13 bits per heavy atom. The first kappa shape index (κ1) is 14.1. The second-order valence-electron chi connectivity index (χ2n) is 5.83. The van der Waals surface area contributed by atoms with Crippen LogP contribution in [0.3, 0.4) is 0 Å². The molecule has 23 heavy (non-hydrogen) atoms. The molecule has 2 aromatic carbocycles. The number of hydrogen-bond donors (Lipinski definition) is 2. The van der Waals surface area contributed by atoms with Crippen LogP contribution in [0.25, 0.3) is 0 Å². The van der Waals surface area contributed by atoms with Crippen LogP contribution in [0.15, 0.2) is 53.6 Å². The average Bonchev–Trinajstić information content (AvgIpc) is 3.05. The molecule has 0 aliphatic carbocycles. The molecule has 118 valence electrons. The van der Waals surface area contributed by atoms with Crippen molar-refractivity contribution in [3.63, 3.8) is 0 Å². The van der Waals surface area contributed by atoms with Crippen LogP contribution in [-0.2, 0) is 6.54 Å². The SMILES string of the molecule is CCNCc1ccc(N2CN3CNc4ccccc4C3=N2)cc1. The lowest BCUT2D eigenvalue weighted by atomic mass is 10.1. The summed E-state index contributed by atoms with van der Waals surface area (Å²) in [6.45, 7) is 5.60. The highest BCUT2D eigenvalue weighted by Gasteiger charge is 2.29. The van der Waals surface area contributed by atoms with Crippen molar-refractivity contribution in [1.29, 1.82) is 0 Å². The minimum absolute atomic E-state index is 0.781. The molecule has 0 atom stereocenters. The Labute approximate surface area is 136 Å². The number of fused-ring (bicyclic) bond motifs is 3. The number of hydrazone groups is 1. The zero-order valence-electron chi connectivity index (χ0n) is 13.3. The monoisotopic (exact) mass is 307 g/mol. The highest BCUT2D eigenvalue weighted by molar-refractivity contribution is 6.06. The third-order valence-corrected chi connectivity index (χ3v) is 4.26. The van der Waals surface area contributed by atoms with Gasteiger partial charge in [-0.25, -0.2) is 5.01 Å². The molecule has 4 rings (SSSR count). The lowest BCUT2D eigenvalue weighted by Crippen LogP contribution is -2.39. The van der Waals surface area contributed by atoms with E-state index >= 15 is 0 Å². The molecule has 2 aliphatic rings. The van der Waals surface area contributed by atoms with Gasteiger partial charge in [-0.1, -0.05) is 31.2 Å². The van der Waals surface area contributed by atoms with Crippen molar-refractivity contribution in [2.24, 2.45) is 5.10 Å². The Morgan fingerprint density at radius 3 is 2.78 bits per heavy atom. The Balaban J connectivity index is 1.57. The number of anilines is 2. The largest absolute Gasteiger partial charge is 0.367 e. The normalized spacial score (nSPS) is 15.8. The van der Waals surface area contributed by atoms with Gasteiger partial charge in [-0.05, 0) is 36.4 Å². The smallest absolute Gasteiger partial charge is 0.161 e. The van der Waals surface area contributed by atoms with Gasteiger partial charge in [0.15, 0.2) is 5.84 Å². The van der Waals surface area contributed by atoms with Crippen LogP contribution in [0.1, 0.15) is 18.1 Å². The molecule has 2 aliphatic heterocycles. The van der Waals surface area contributed by atoms with Crippen molar-refractivity contribution in [2.75, 3.05) is 30.2 Å². The summed E-state index contributed by atoms with van der Waals surface area (Å²) in [4.78, 5) is 2.26. The number of benzene rings is 2. The third kappa shape index (κ3) is 2.64. The quantitative estimate of drug-likeness (QED) is 0.911. The maximum absolute atomic E-state index is 4.83. The Morgan fingerprint density at radius 2 is 1.96 bits per heavy atom. The molecule has 0 unspecified atom stereocenters. The predicted molar refractivity (Wildman–Crippen MR) is 94.5 cm³/mol. The molecule has 0 saturated carbocycles. The van der Waals surface area contributed by atoms with Crippen molar-refractivity contribution in [1.82, 2.24) is 10.2 Å². The molecule has 2 heterocycles. The molecule has 0 amide bonds. The first-order valence-electron chi connectivity index (χ1n) is 8.09. The van der Waals surface area contributed by atoms with Gasteiger partial charge in [-0.3, -0.25) is 0 Å². The Kier molecular flexibility index (Phi) is 3.63. The van der Waals surface area contributed by atoms with Gasteiger partial charge in [0.25, 0.3) is 0 Å². The highest BCUT2D eigenvalue weighted by atomic mass is 15.6. The molecule has 0 radical (unpaired) electrons. The van der Waals surface area contributed by atoms with Gasteiger partial charge in [0.05, 0.1) is 12.4 Å². The van der Waals surface area contributed by atoms with Crippen LogP contribution in [0.4, 0.5) is 11.4 Å². The molecule has 5 heteroatoms. The Bertz CT molecular complexity index is 722. The van der Waals surface area contributed by atoms with Gasteiger partial charge in [0, 0.05) is 17.8 Å². The standard InChI is InChI=1S/C18H21N5/c1-2-19-11-14-7-9-15(10-8-14)23-13-22-12-20-17-6-4-3-5-16(17)18(22)21-23/h3-10,19-20H,2,11-13H2,1H3. The molecular formula is C18H21N5. The highest BCUT2D eigenvalue weighted by Crippen LogP contribution is 2.28. The van der Waals surface area contributed by atoms with E-state index in [0.717, 1.165) is 43.6 Å². The lowest BCUT2D eigenvalue weighted by molar-refractivity contribution is 0.472. The van der Waals surface area contributed by atoms with Crippen LogP contribution in [0.2, 0.25) is 0 Å². The summed E-state index contributed by atoms with van der Waals surface area (Å²) in [5.41, 5.74) is 4.76. The number of hydrogen-bond acceptors (Lipinski definition) is 5. The van der Waals surface area contributed by atoms with Crippen LogP contribution in [-0.4, -0.2) is 30.6 Å². The summed E-state index contributed by atoms with van der Waals surface area (Å²) in [6, 6.07) is 17.0. The third-order valence-electron chi connectivity index (χ3n) is 4.26. The fraction of sp³-hybridized carbons (Fsp3) is 0.278. The number of nitrogens with one attached hydrogen (secondary N) is 2. The summed E-state index contributed by atoms with van der Waals surface area (Å²) in [7, 11) is 0. The van der Waals surface area contributed by atoms with E-state index in [2.05, 4.69) is 76.0 Å². The second kappa shape index (κ2) is 5.93. The summed E-state index contributed by atoms with van der Waals surface area (Å²) >= 11 is 0. The lowest BCUT2D eigenvalue weighted by Gasteiger charge is -2.28. The van der Waals surface area contributed by atoms with E-state index in [9.17, 15) is 0 Å². The molecule has 5 nitrogen and oxygen atoms in total. The zero-order chi connectivity index (χ0) is 15.6. The zero-order valence-corrected chi connectivity index (χ0v) is 13.3. The minimum Gasteiger partial charge on any atom is -0.367 e. The van der Waals surface area contributed by atoms with Gasteiger partial charge in [-0.15, -0.1) is 0 Å². The van der Waals surface area contributed by atoms with Crippen molar-refractivity contribution in [3.05, 3.63) is 59.7 Å². The van der Waals surface area contributed by atoms with Crippen LogP contribution in [0, 0.1) is 0 Å². The Hall–Kier alpha value is -2.53. The van der Waals surface area contributed by atoms with Gasteiger partial charge in [0.2, 0.25) is 0 Å². The van der Waals surface area contributed by atoms with E-state index in [1.54, 1.807) is 0 Å². The van der Waals surface area contributed by atoms with E-state index < -0.39 is 0 Å². The average molecular weight is 307 g/mol. The van der Waals surface area contributed by atoms with Crippen LogP contribution < -0.4 is 15.6 Å². The van der Waals surface area contributed by atoms with Gasteiger partial charge in [-0.2, -0.15) is 5.10 Å². The van der Waals surface area contributed by atoms with E-state index in [1.807, 2.05) is 0 Å². The van der Waals surface area contributed by atoms with Crippen LogP contribution in [0.5, 0.6) is 0 Å². The van der Waals surface area contributed by atoms with Crippen molar-refractivity contribution in [2.45, 2.75) is 13.5 Å². The molecular weight excluding hydrogens is 286 g/mol. The fourth-order valence-corrected chi connectivity index (χ4v) is 2.99. The van der Waals surface area contributed by atoms with Crippen molar-refractivity contribution < 1.29 is 0 Å². The topological polar surface area (TPSA) is 42.9 Å². The summed E-state index contributed by atoms with van der Waals surface area (Å²) < 4.78 is 0. The van der Waals surface area contributed by atoms with E-state index in [1.165, 1.54) is 11.1 Å². The molecule has 0 saturated heterocycles. The molecule has 0 aromatic heterocycles. The first-order chi connectivity index (χ1) is 11.3. The van der Waals surface area contributed by atoms with Crippen LogP contribution >= 0.6 is 0 Å². The van der Waals surface area contributed by atoms with Crippen molar-refractivity contribution in [3.8, 4) is 0 Å². The molecule has 2 N–H and O–H groups in total. The summed E-state index contributed by atoms with van der Waals surface area (Å²) in [6.07, 6.45) is 0. The van der Waals surface area contributed by atoms with Gasteiger partial charge in [0.1, 0.15) is 6.67 Å². The molecule has 2 aromatic rings. The van der Waals surface area contributed by atoms with Gasteiger partial charge >= 0.3 is 0 Å².